The molecule has 0 saturated heterocycles. The van der Waals surface area contributed by atoms with Crippen LogP contribution in [0.5, 0.6) is 0 Å². The molecule has 8 heteroatoms. The number of nitrogens with zero attached hydrogens (tertiary/aromatic N) is 1. The van der Waals surface area contributed by atoms with Gasteiger partial charge in [0.1, 0.15) is 0 Å². The minimum absolute atomic E-state index is 0.249. The van der Waals surface area contributed by atoms with E-state index in [-0.39, 0.29) is 6.42 Å². The van der Waals surface area contributed by atoms with Crippen molar-refractivity contribution < 1.29 is 24.2 Å². The highest BCUT2D eigenvalue weighted by Gasteiger charge is 2.49. The molecule has 2 atom stereocenters. The maximum absolute atomic E-state index is 12.6. The van der Waals surface area contributed by atoms with Crippen molar-refractivity contribution in [3.05, 3.63) is 30.2 Å². The first-order valence-electron chi connectivity index (χ1n) is 7.93. The Morgan fingerprint density at radius 3 is 2.76 bits per heavy atom. The number of aromatic nitrogens is 2. The van der Waals surface area contributed by atoms with Crippen molar-refractivity contribution in [3.63, 3.8) is 0 Å². The van der Waals surface area contributed by atoms with Gasteiger partial charge in [-0.2, -0.15) is 0 Å². The lowest BCUT2D eigenvalue weighted by Crippen LogP contribution is -2.62. The number of H-pyrrole nitrogens is 1. The van der Waals surface area contributed by atoms with Gasteiger partial charge in [-0.05, 0) is 25.0 Å². The molecule has 0 aromatic carbocycles. The van der Waals surface area contributed by atoms with Crippen LogP contribution in [0.15, 0.2) is 24.7 Å². The Morgan fingerprint density at radius 1 is 1.44 bits per heavy atom. The van der Waals surface area contributed by atoms with Crippen LogP contribution in [-0.4, -0.2) is 44.6 Å². The van der Waals surface area contributed by atoms with Crippen LogP contribution in [0.4, 0.5) is 0 Å². The van der Waals surface area contributed by atoms with E-state index in [4.69, 9.17) is 4.74 Å². The average molecular weight is 347 g/mol. The molecule has 2 unspecified atom stereocenters. The van der Waals surface area contributed by atoms with E-state index in [0.29, 0.717) is 17.5 Å². The summed E-state index contributed by atoms with van der Waals surface area (Å²) in [5, 5.41) is 12.8. The molecule has 2 aromatic heterocycles. The number of hydrogen-bond donors (Lipinski definition) is 3. The Balaban J connectivity index is 2.47. The molecule has 0 radical (unpaired) electrons. The number of esters is 1. The van der Waals surface area contributed by atoms with Crippen LogP contribution in [0.2, 0.25) is 0 Å². The first-order valence-corrected chi connectivity index (χ1v) is 7.93. The molecule has 0 fully saturated rings. The molecule has 2 heterocycles. The Bertz CT molecular complexity index is 800. The molecule has 0 saturated carbocycles. The van der Waals surface area contributed by atoms with Crippen LogP contribution in [0.1, 0.15) is 32.8 Å². The molecule has 8 nitrogen and oxygen atoms in total. The van der Waals surface area contributed by atoms with Gasteiger partial charge < -0.3 is 20.1 Å². The van der Waals surface area contributed by atoms with E-state index in [1.54, 1.807) is 31.6 Å². The fourth-order valence-corrected chi connectivity index (χ4v) is 2.51. The summed E-state index contributed by atoms with van der Waals surface area (Å²) in [4.78, 5) is 43.2. The third kappa shape index (κ3) is 3.78. The smallest absolute Gasteiger partial charge is 0.344 e. The van der Waals surface area contributed by atoms with E-state index in [0.717, 1.165) is 12.3 Å². The molecule has 1 amide bonds. The normalized spacial score (nSPS) is 14.5. The van der Waals surface area contributed by atoms with Crippen molar-refractivity contribution in [1.82, 2.24) is 15.3 Å². The Morgan fingerprint density at radius 2 is 2.16 bits per heavy atom. The zero-order valence-electron chi connectivity index (χ0n) is 14.3. The lowest BCUT2D eigenvalue weighted by atomic mass is 9.90. The van der Waals surface area contributed by atoms with Gasteiger partial charge in [-0.3, -0.25) is 9.78 Å². The molecule has 2 aromatic rings. The largest absolute Gasteiger partial charge is 0.479 e. The maximum atomic E-state index is 12.6. The summed E-state index contributed by atoms with van der Waals surface area (Å²) in [6.45, 7) is 4.63. The second-order valence-corrected chi connectivity index (χ2v) is 5.93. The monoisotopic (exact) mass is 347 g/mol. The average Bonchev–Trinajstić information content (AvgIpc) is 2.96. The lowest BCUT2D eigenvalue weighted by molar-refractivity contribution is -0.168. The van der Waals surface area contributed by atoms with E-state index < -0.39 is 29.5 Å². The van der Waals surface area contributed by atoms with E-state index in [1.165, 1.54) is 0 Å². The second-order valence-electron chi connectivity index (χ2n) is 5.93. The molecule has 0 bridgehead atoms. The number of carbonyl (C=O) groups is 3. The van der Waals surface area contributed by atoms with Crippen LogP contribution in [0.25, 0.3) is 10.9 Å². The minimum atomic E-state index is -2.20. The molecule has 2 rings (SSSR count). The van der Waals surface area contributed by atoms with Gasteiger partial charge in [0.2, 0.25) is 11.4 Å². The first-order chi connectivity index (χ1) is 11.8. The molecule has 0 aliphatic carbocycles. The number of ether oxygens (including phenoxy) is 1. The van der Waals surface area contributed by atoms with E-state index in [1.807, 2.05) is 6.92 Å². The Kier molecular flexibility index (Phi) is 5.41. The maximum Gasteiger partial charge on any atom is 0.344 e. The number of hydrogen-bond acceptors (Lipinski definition) is 5. The van der Waals surface area contributed by atoms with E-state index in [9.17, 15) is 19.5 Å². The molecule has 25 heavy (non-hydrogen) atoms. The van der Waals surface area contributed by atoms with Gasteiger partial charge in [0.15, 0.2) is 0 Å². The van der Waals surface area contributed by atoms with Crippen LogP contribution >= 0.6 is 0 Å². The number of carboxylic acids is 1. The van der Waals surface area contributed by atoms with Crippen molar-refractivity contribution in [2.75, 3.05) is 0 Å². The van der Waals surface area contributed by atoms with Gasteiger partial charge in [-0.25, -0.2) is 9.59 Å². The predicted molar refractivity (Wildman–Crippen MR) is 89.8 cm³/mol. The third-order valence-corrected chi connectivity index (χ3v) is 4.01. The highest BCUT2D eigenvalue weighted by atomic mass is 16.5. The first kappa shape index (κ1) is 18.4. The number of aliphatic carboxylic acids is 1. The van der Waals surface area contributed by atoms with Crippen LogP contribution < -0.4 is 5.32 Å². The van der Waals surface area contributed by atoms with Crippen molar-refractivity contribution in [3.8, 4) is 0 Å². The SMILES string of the molecule is CCC(C)OC(=O)C(Cc1c[nH]c2cnccc12)(NC(C)=O)C(=O)O. The summed E-state index contributed by atoms with van der Waals surface area (Å²) < 4.78 is 5.23. The zero-order valence-corrected chi connectivity index (χ0v) is 14.3. The van der Waals surface area contributed by atoms with Crippen LogP contribution in [0, 0.1) is 0 Å². The van der Waals surface area contributed by atoms with E-state index in [2.05, 4.69) is 15.3 Å². The van der Waals surface area contributed by atoms with Gasteiger partial charge in [-0.1, -0.05) is 6.92 Å². The molecule has 3 N–H and O–H groups in total. The Labute approximate surface area is 144 Å². The van der Waals surface area contributed by atoms with Gasteiger partial charge in [-0.15, -0.1) is 0 Å². The molecule has 0 aliphatic heterocycles. The fourth-order valence-electron chi connectivity index (χ4n) is 2.51. The molecule has 0 spiro atoms. The number of rotatable bonds is 7. The molecule has 0 aliphatic rings. The van der Waals surface area contributed by atoms with Crippen molar-refractivity contribution in [1.29, 1.82) is 0 Å². The third-order valence-electron chi connectivity index (χ3n) is 4.01. The van der Waals surface area contributed by atoms with Crippen LogP contribution in [0.3, 0.4) is 0 Å². The van der Waals surface area contributed by atoms with Gasteiger partial charge in [0.25, 0.3) is 0 Å². The van der Waals surface area contributed by atoms with Crippen LogP contribution in [-0.2, 0) is 25.5 Å². The van der Waals surface area contributed by atoms with Gasteiger partial charge in [0.05, 0.1) is 17.8 Å². The summed E-state index contributed by atoms with van der Waals surface area (Å²) in [6, 6.07) is 1.71. The highest BCUT2D eigenvalue weighted by Crippen LogP contribution is 2.24. The predicted octanol–water partition coefficient (Wildman–Crippen LogP) is 1.41. The van der Waals surface area contributed by atoms with Gasteiger partial charge in [0, 0.05) is 31.1 Å². The summed E-state index contributed by atoms with van der Waals surface area (Å²) in [5.74, 6) is -3.10. The van der Waals surface area contributed by atoms with E-state index >= 15 is 0 Å². The number of nitrogens with one attached hydrogen (secondary N) is 2. The molecular weight excluding hydrogens is 326 g/mol. The number of fused-ring (bicyclic) bond motifs is 1. The highest BCUT2D eigenvalue weighted by molar-refractivity contribution is 6.07. The topological polar surface area (TPSA) is 121 Å². The number of carboxylic acid groups (broad SMARTS) is 1. The number of aromatic amines is 1. The zero-order chi connectivity index (χ0) is 18.6. The summed E-state index contributed by atoms with van der Waals surface area (Å²) in [7, 11) is 0. The van der Waals surface area contributed by atoms with Crippen molar-refractivity contribution >= 4 is 28.7 Å². The summed E-state index contributed by atoms with van der Waals surface area (Å²) in [5.41, 5.74) is -0.933. The summed E-state index contributed by atoms with van der Waals surface area (Å²) in [6.07, 6.45) is 4.58. The van der Waals surface area contributed by atoms with Crippen molar-refractivity contribution in [2.24, 2.45) is 0 Å². The fraction of sp³-hybridized carbons (Fsp3) is 0.412. The number of carbonyl (C=O) groups excluding carboxylic acids is 2. The Hall–Kier alpha value is -2.90. The number of pyridine rings is 1. The quantitative estimate of drug-likeness (QED) is 0.514. The summed E-state index contributed by atoms with van der Waals surface area (Å²) >= 11 is 0. The standard InChI is InChI=1S/C17H21N3O5/c1-4-10(2)25-16(24)17(15(22)23,20-11(3)21)7-12-8-19-14-9-18-6-5-13(12)14/h5-6,8-10,19H,4,7H2,1-3H3,(H,20,21)(H,22,23). The minimum Gasteiger partial charge on any atom is -0.479 e. The molecule has 134 valence electrons. The molecular formula is C17H21N3O5. The van der Waals surface area contributed by atoms with Crippen molar-refractivity contribution in [2.45, 2.75) is 45.3 Å². The van der Waals surface area contributed by atoms with Gasteiger partial charge >= 0.3 is 11.9 Å². The number of amides is 1. The lowest BCUT2D eigenvalue weighted by Gasteiger charge is -2.29. The second kappa shape index (κ2) is 7.33.